The quantitative estimate of drug-likeness (QED) is 0.0256. The number of nitrogens with two attached hydrogens (primary N) is 7. The highest BCUT2D eigenvalue weighted by Gasteiger charge is 2.31. The van der Waals surface area contributed by atoms with E-state index < -0.39 is 66.4 Å². The van der Waals surface area contributed by atoms with Crippen LogP contribution in [-0.2, 0) is 24.0 Å². The number of nitrogens with one attached hydrogen (secondary N) is 4. The van der Waals surface area contributed by atoms with Gasteiger partial charge >= 0.3 is 5.97 Å². The van der Waals surface area contributed by atoms with Gasteiger partial charge in [-0.25, -0.2) is 4.79 Å². The molecule has 20 N–H and O–H groups in total. The minimum absolute atomic E-state index is 0.00552. The largest absolute Gasteiger partial charge is 0.480 e. The van der Waals surface area contributed by atoms with E-state index in [1.54, 1.807) is 0 Å². The first-order valence-electron chi connectivity index (χ1n) is 15.4. The minimum atomic E-state index is -1.33. The first kappa shape index (κ1) is 43.1. The molecule has 0 saturated heterocycles. The summed E-state index contributed by atoms with van der Waals surface area (Å²) < 4.78 is 0. The van der Waals surface area contributed by atoms with E-state index in [9.17, 15) is 34.2 Å². The molecule has 0 aromatic rings. The second-order valence-corrected chi connectivity index (χ2v) is 11.3. The zero-order valence-corrected chi connectivity index (χ0v) is 27.6. The molecule has 0 rings (SSSR count). The predicted molar refractivity (Wildman–Crippen MR) is 180 cm³/mol. The van der Waals surface area contributed by atoms with E-state index in [-0.39, 0.29) is 88.4 Å². The number of hydrogen-bond acceptors (Lipinski definition) is 10. The van der Waals surface area contributed by atoms with Crippen LogP contribution in [0.1, 0.15) is 58.8 Å². The molecular weight excluding hydrogens is 632 g/mol. The maximum absolute atomic E-state index is 13.6. The maximum Gasteiger partial charge on any atom is 0.326 e. The molecule has 4 amide bonds. The van der Waals surface area contributed by atoms with Crippen molar-refractivity contribution in [1.29, 1.82) is 0 Å². The second kappa shape index (κ2) is 23.4. The van der Waals surface area contributed by atoms with E-state index in [2.05, 4.69) is 36.2 Å². The molecule has 21 nitrogen and oxygen atoms in total. The lowest BCUT2D eigenvalue weighted by atomic mass is 10.0. The number of nitrogens with zero attached hydrogens (tertiary/aromatic N) is 3. The van der Waals surface area contributed by atoms with Crippen molar-refractivity contribution in [2.24, 2.45) is 61.0 Å². The molecule has 5 atom stereocenters. The van der Waals surface area contributed by atoms with Crippen molar-refractivity contribution in [3.63, 3.8) is 0 Å². The summed E-state index contributed by atoms with van der Waals surface area (Å²) in [5.74, 6) is -4.99. The van der Waals surface area contributed by atoms with Crippen LogP contribution in [0.3, 0.4) is 0 Å². The number of aliphatic hydroxyl groups excluding tert-OH is 1. The van der Waals surface area contributed by atoms with Crippen LogP contribution in [0.15, 0.2) is 15.0 Å². The van der Waals surface area contributed by atoms with Gasteiger partial charge in [-0.2, -0.15) is 0 Å². The number of carbonyl (C=O) groups excluding carboxylic acids is 4. The molecule has 0 fully saturated rings. The molecule has 0 bridgehead atoms. The fourth-order valence-corrected chi connectivity index (χ4v) is 4.19. The normalized spacial score (nSPS) is 13.9. The monoisotopic (exact) mass is 686 g/mol. The van der Waals surface area contributed by atoms with E-state index in [1.165, 1.54) is 0 Å². The highest BCUT2D eigenvalue weighted by Crippen LogP contribution is 2.09. The Kier molecular flexibility index (Phi) is 21.0. The van der Waals surface area contributed by atoms with Gasteiger partial charge in [-0.05, 0) is 50.9 Å². The highest BCUT2D eigenvalue weighted by atomic mass is 16.4. The van der Waals surface area contributed by atoms with E-state index in [0.29, 0.717) is 0 Å². The number of aliphatic hydroxyl groups is 1. The van der Waals surface area contributed by atoms with Crippen LogP contribution in [0.4, 0.5) is 0 Å². The number of carbonyl (C=O) groups is 5. The lowest BCUT2D eigenvalue weighted by Crippen LogP contribution is -2.58. The van der Waals surface area contributed by atoms with Gasteiger partial charge in [-0.3, -0.25) is 34.2 Å². The third-order valence-corrected chi connectivity index (χ3v) is 6.59. The summed E-state index contributed by atoms with van der Waals surface area (Å²) in [5.41, 5.74) is 37.7. The number of carboxylic acids is 1. The molecule has 0 aliphatic rings. The molecule has 0 saturated carbocycles. The van der Waals surface area contributed by atoms with Crippen molar-refractivity contribution in [1.82, 2.24) is 21.3 Å². The number of hydrogen-bond donors (Lipinski definition) is 13. The molecule has 0 aromatic heterocycles. The first-order chi connectivity index (χ1) is 22.5. The molecule has 0 spiro atoms. The molecule has 0 aromatic carbocycles. The molecule has 0 aliphatic carbocycles. The summed E-state index contributed by atoms with van der Waals surface area (Å²) in [5, 5.41) is 29.0. The van der Waals surface area contributed by atoms with Gasteiger partial charge in [0.1, 0.15) is 30.2 Å². The van der Waals surface area contributed by atoms with E-state index in [1.807, 2.05) is 13.8 Å². The van der Waals surface area contributed by atoms with Gasteiger partial charge < -0.3 is 71.6 Å². The van der Waals surface area contributed by atoms with Crippen LogP contribution < -0.4 is 61.4 Å². The Labute approximate surface area is 279 Å². The van der Waals surface area contributed by atoms with Crippen LogP contribution in [0.25, 0.3) is 0 Å². The van der Waals surface area contributed by atoms with Crippen molar-refractivity contribution in [3.8, 4) is 0 Å². The fraction of sp³-hybridized carbons (Fsp3) is 0.704. The maximum atomic E-state index is 13.6. The third kappa shape index (κ3) is 19.6. The van der Waals surface area contributed by atoms with E-state index >= 15 is 0 Å². The lowest BCUT2D eigenvalue weighted by Gasteiger charge is -2.27. The summed E-state index contributed by atoms with van der Waals surface area (Å²) in [6.45, 7) is 3.33. The second-order valence-electron chi connectivity index (χ2n) is 11.3. The van der Waals surface area contributed by atoms with Gasteiger partial charge in [0.15, 0.2) is 17.9 Å². The number of aliphatic imine (C=N–C) groups is 3. The Morgan fingerprint density at radius 3 is 1.25 bits per heavy atom. The highest BCUT2D eigenvalue weighted by molar-refractivity contribution is 5.95. The summed E-state index contributed by atoms with van der Waals surface area (Å²) in [4.78, 5) is 76.1. The van der Waals surface area contributed by atoms with Crippen LogP contribution in [-0.4, -0.2) is 114 Å². The Bertz CT molecular complexity index is 1140. The number of aliphatic carboxylic acids is 1. The third-order valence-electron chi connectivity index (χ3n) is 6.59. The van der Waals surface area contributed by atoms with Crippen LogP contribution in [0.5, 0.6) is 0 Å². The average molecular weight is 687 g/mol. The number of guanidine groups is 3. The molecule has 48 heavy (non-hydrogen) atoms. The zero-order valence-electron chi connectivity index (χ0n) is 27.6. The standard InChI is InChI=1S/C27H54N14O7/c1-14(2)12-19(41-20(43)15(28)13-42)23(46)39-16(6-3-9-35-25(29)30)21(44)38-17(7-4-10-36-26(31)32)22(45)40-18(24(47)48)8-5-11-37-27(33)34/h14-19,42H,3-13,28H2,1-2H3,(H,38,44)(H,39,46)(H,40,45)(H,41,43)(H,47,48)(H4,29,30,35)(H4,31,32,36)(H4,33,34,37)/t15-,16-,17-,18-,19-/m0/s1. The molecule has 0 aliphatic heterocycles. The van der Waals surface area contributed by atoms with E-state index in [0.717, 1.165) is 0 Å². The van der Waals surface area contributed by atoms with Gasteiger partial charge in [0.2, 0.25) is 23.6 Å². The fourth-order valence-electron chi connectivity index (χ4n) is 4.19. The SMILES string of the molecule is CC(C)C[C@H](NC(=O)[C@@H](N)CO)C(=O)N[C@@H](CCCN=C(N)N)C(=O)N[C@@H](CCCN=C(N)N)C(=O)N[C@@H](CCCN=C(N)N)C(=O)O. The minimum Gasteiger partial charge on any atom is -0.480 e. The number of amides is 4. The van der Waals surface area contributed by atoms with Crippen LogP contribution >= 0.6 is 0 Å². The van der Waals surface area contributed by atoms with Crippen molar-refractivity contribution in [2.75, 3.05) is 26.2 Å². The molecule has 0 heterocycles. The summed E-state index contributed by atoms with van der Waals surface area (Å²) in [6, 6.07) is -6.23. The Hall–Kier alpha value is -4.92. The van der Waals surface area contributed by atoms with Gasteiger partial charge in [0, 0.05) is 19.6 Å². The molecule has 0 unspecified atom stereocenters. The van der Waals surface area contributed by atoms with Gasteiger partial charge in [-0.1, -0.05) is 13.8 Å². The van der Waals surface area contributed by atoms with E-state index in [4.69, 9.17) is 40.1 Å². The smallest absolute Gasteiger partial charge is 0.326 e. The summed E-state index contributed by atoms with van der Waals surface area (Å²) in [6.07, 6.45) is 0.843. The Morgan fingerprint density at radius 1 is 0.583 bits per heavy atom. The van der Waals surface area contributed by atoms with Gasteiger partial charge in [0.25, 0.3) is 0 Å². The van der Waals surface area contributed by atoms with Crippen LogP contribution in [0, 0.1) is 5.92 Å². The van der Waals surface area contributed by atoms with Crippen LogP contribution in [0.2, 0.25) is 0 Å². The number of carboxylic acid groups (broad SMARTS) is 1. The summed E-state index contributed by atoms with van der Waals surface area (Å²) >= 11 is 0. The Balaban J connectivity index is 6.16. The van der Waals surface area contributed by atoms with Crippen molar-refractivity contribution in [2.45, 2.75) is 89.0 Å². The van der Waals surface area contributed by atoms with Gasteiger partial charge in [0.05, 0.1) is 6.61 Å². The first-order valence-corrected chi connectivity index (χ1v) is 15.4. The topological polar surface area (TPSA) is 393 Å². The average Bonchev–Trinajstić information content (AvgIpc) is 2.99. The molecule has 0 radical (unpaired) electrons. The van der Waals surface area contributed by atoms with Gasteiger partial charge in [-0.15, -0.1) is 0 Å². The molecule has 21 heteroatoms. The zero-order chi connectivity index (χ0) is 36.8. The van der Waals surface area contributed by atoms with Crippen molar-refractivity contribution in [3.05, 3.63) is 0 Å². The molecular formula is C27H54N14O7. The summed E-state index contributed by atoms with van der Waals surface area (Å²) in [7, 11) is 0. The van der Waals surface area contributed by atoms with Crippen molar-refractivity contribution < 1.29 is 34.2 Å². The molecule has 274 valence electrons. The van der Waals surface area contributed by atoms with Crippen molar-refractivity contribution >= 4 is 47.5 Å². The predicted octanol–water partition coefficient (Wildman–Crippen LogP) is -5.46. The Morgan fingerprint density at radius 2 is 0.917 bits per heavy atom. The lowest BCUT2D eigenvalue weighted by molar-refractivity contribution is -0.142. The number of rotatable bonds is 24.